The monoisotopic (exact) mass is 455 g/mol. The number of carbonyl (C=O) groups excluding carboxylic acids is 1. The van der Waals surface area contributed by atoms with Crippen LogP contribution in [0.25, 0.3) is 22.2 Å². The quantitative estimate of drug-likeness (QED) is 0.416. The number of rotatable bonds is 6. The summed E-state index contributed by atoms with van der Waals surface area (Å²) in [6.07, 6.45) is 3.22. The highest BCUT2D eigenvalue weighted by Crippen LogP contribution is 2.30. The molecule has 0 aliphatic rings. The minimum absolute atomic E-state index is 0.0347. The predicted molar refractivity (Wildman–Crippen MR) is 127 cm³/mol. The van der Waals surface area contributed by atoms with E-state index in [1.54, 1.807) is 23.0 Å². The average Bonchev–Trinajstić information content (AvgIpc) is 3.37. The lowest BCUT2D eigenvalue weighted by Crippen LogP contribution is -2.20. The molecule has 1 N–H and O–H groups in total. The van der Waals surface area contributed by atoms with Crippen LogP contribution in [-0.4, -0.2) is 35.4 Å². The summed E-state index contributed by atoms with van der Waals surface area (Å²) in [5, 5.41) is 12.4. The van der Waals surface area contributed by atoms with E-state index in [1.807, 2.05) is 19.1 Å². The van der Waals surface area contributed by atoms with E-state index >= 15 is 0 Å². The van der Waals surface area contributed by atoms with Crippen LogP contribution in [0.2, 0.25) is 0 Å². The lowest BCUT2D eigenvalue weighted by Gasteiger charge is -2.06. The van der Waals surface area contributed by atoms with Crippen LogP contribution in [0.1, 0.15) is 16.8 Å². The highest BCUT2D eigenvalue weighted by molar-refractivity contribution is 5.96. The van der Waals surface area contributed by atoms with Gasteiger partial charge in [0.05, 0.1) is 12.2 Å². The summed E-state index contributed by atoms with van der Waals surface area (Å²) in [6, 6.07) is 16.5. The molecule has 0 radical (unpaired) electrons. The SMILES string of the molecule is Cc1cccc(-c2ccnc3c2c(C)nn3CC(=O)Nc2ncn(Cc3cccc(F)c3)n2)c1. The number of halogens is 1. The Morgan fingerprint density at radius 1 is 1.03 bits per heavy atom. The highest BCUT2D eigenvalue weighted by atomic mass is 19.1. The van der Waals surface area contributed by atoms with E-state index in [0.29, 0.717) is 12.2 Å². The molecule has 3 heterocycles. The molecule has 0 bridgehead atoms. The first-order valence-electron chi connectivity index (χ1n) is 10.8. The van der Waals surface area contributed by atoms with E-state index in [1.165, 1.54) is 23.1 Å². The van der Waals surface area contributed by atoms with E-state index in [2.05, 4.69) is 50.6 Å². The van der Waals surface area contributed by atoms with Crippen molar-refractivity contribution in [2.45, 2.75) is 26.9 Å². The van der Waals surface area contributed by atoms with Gasteiger partial charge in [-0.05, 0) is 48.7 Å². The second kappa shape index (κ2) is 8.86. The number of carbonyl (C=O) groups is 1. The number of hydrogen-bond acceptors (Lipinski definition) is 5. The summed E-state index contributed by atoms with van der Waals surface area (Å²) in [4.78, 5) is 21.3. The van der Waals surface area contributed by atoms with E-state index in [0.717, 1.165) is 33.3 Å². The third-order valence-electron chi connectivity index (χ3n) is 5.45. The summed E-state index contributed by atoms with van der Waals surface area (Å²) < 4.78 is 16.5. The van der Waals surface area contributed by atoms with Gasteiger partial charge in [-0.1, -0.05) is 42.0 Å². The largest absolute Gasteiger partial charge is 0.292 e. The molecule has 3 aromatic heterocycles. The van der Waals surface area contributed by atoms with E-state index in [4.69, 9.17) is 0 Å². The Hall–Kier alpha value is -4.40. The molecule has 8 nitrogen and oxygen atoms in total. The van der Waals surface area contributed by atoms with Gasteiger partial charge in [-0.2, -0.15) is 5.10 Å². The molecule has 0 saturated carbocycles. The van der Waals surface area contributed by atoms with Crippen LogP contribution in [0, 0.1) is 19.7 Å². The smallest absolute Gasteiger partial charge is 0.248 e. The molecular weight excluding hydrogens is 433 g/mol. The van der Waals surface area contributed by atoms with Crippen LogP contribution < -0.4 is 5.32 Å². The average molecular weight is 455 g/mol. The minimum atomic E-state index is -0.323. The number of anilines is 1. The molecule has 0 spiro atoms. The molecule has 1 amide bonds. The van der Waals surface area contributed by atoms with Crippen molar-refractivity contribution in [1.29, 1.82) is 0 Å². The van der Waals surface area contributed by atoms with Gasteiger partial charge >= 0.3 is 0 Å². The van der Waals surface area contributed by atoms with Crippen molar-refractivity contribution in [1.82, 2.24) is 29.5 Å². The van der Waals surface area contributed by atoms with E-state index in [-0.39, 0.29) is 24.2 Å². The van der Waals surface area contributed by atoms with Gasteiger partial charge in [0, 0.05) is 11.6 Å². The fraction of sp³-hybridized carbons (Fsp3) is 0.160. The van der Waals surface area contributed by atoms with E-state index < -0.39 is 0 Å². The Labute approximate surface area is 195 Å². The Bertz CT molecular complexity index is 1500. The van der Waals surface area contributed by atoms with Crippen molar-refractivity contribution in [2.24, 2.45) is 0 Å². The molecule has 0 aliphatic carbocycles. The van der Waals surface area contributed by atoms with Crippen LogP contribution in [0.3, 0.4) is 0 Å². The van der Waals surface area contributed by atoms with Crippen molar-refractivity contribution in [3.05, 3.63) is 89.8 Å². The van der Waals surface area contributed by atoms with Gasteiger partial charge in [-0.15, -0.1) is 5.10 Å². The Morgan fingerprint density at radius 3 is 2.71 bits per heavy atom. The molecule has 0 fully saturated rings. The number of benzene rings is 2. The summed E-state index contributed by atoms with van der Waals surface area (Å²) >= 11 is 0. The Morgan fingerprint density at radius 2 is 1.88 bits per heavy atom. The van der Waals surface area contributed by atoms with Gasteiger partial charge in [-0.3, -0.25) is 10.1 Å². The number of fused-ring (bicyclic) bond motifs is 1. The van der Waals surface area contributed by atoms with Gasteiger partial charge in [0.2, 0.25) is 11.9 Å². The van der Waals surface area contributed by atoms with Gasteiger partial charge < -0.3 is 0 Å². The van der Waals surface area contributed by atoms with Crippen LogP contribution in [0.4, 0.5) is 10.3 Å². The molecule has 5 rings (SSSR count). The number of aryl methyl sites for hydroxylation is 2. The predicted octanol–water partition coefficient (Wildman–Crippen LogP) is 4.13. The van der Waals surface area contributed by atoms with Crippen LogP contribution in [0.15, 0.2) is 67.1 Å². The fourth-order valence-corrected chi connectivity index (χ4v) is 4.00. The summed E-state index contributed by atoms with van der Waals surface area (Å²) in [5.41, 5.74) is 5.44. The molecule has 0 saturated heterocycles. The van der Waals surface area contributed by atoms with E-state index in [9.17, 15) is 9.18 Å². The van der Waals surface area contributed by atoms with Gasteiger partial charge in [0.15, 0.2) is 5.65 Å². The molecule has 2 aromatic carbocycles. The van der Waals surface area contributed by atoms with Crippen molar-refractivity contribution in [2.75, 3.05) is 5.32 Å². The molecule has 170 valence electrons. The number of nitrogens with one attached hydrogen (secondary N) is 1. The third-order valence-corrected chi connectivity index (χ3v) is 5.45. The standard InChI is InChI=1S/C25H22FN7O/c1-16-5-3-7-19(11-16)21-9-10-27-24-23(21)17(2)30-33(24)14-22(34)29-25-28-15-32(31-25)13-18-6-4-8-20(26)12-18/h3-12,15H,13-14H2,1-2H3,(H,29,31,34). The topological polar surface area (TPSA) is 90.5 Å². The van der Waals surface area contributed by atoms with Gasteiger partial charge in [-0.25, -0.2) is 23.7 Å². The number of aromatic nitrogens is 6. The number of amides is 1. The molecule has 9 heteroatoms. The normalized spacial score (nSPS) is 11.1. The molecule has 0 aliphatic heterocycles. The van der Waals surface area contributed by atoms with Crippen LogP contribution in [-0.2, 0) is 17.9 Å². The first-order chi connectivity index (χ1) is 16.5. The van der Waals surface area contributed by atoms with Crippen molar-refractivity contribution in [3.8, 4) is 11.1 Å². The number of nitrogens with zero attached hydrogens (tertiary/aromatic N) is 6. The molecule has 0 atom stereocenters. The first-order valence-corrected chi connectivity index (χ1v) is 10.8. The summed E-state index contributed by atoms with van der Waals surface area (Å²) in [5.74, 6) is -0.467. The maximum atomic E-state index is 13.4. The zero-order valence-corrected chi connectivity index (χ0v) is 18.7. The highest BCUT2D eigenvalue weighted by Gasteiger charge is 2.17. The lowest BCUT2D eigenvalue weighted by atomic mass is 10.0. The Kier molecular flexibility index (Phi) is 5.59. The zero-order valence-electron chi connectivity index (χ0n) is 18.7. The number of pyridine rings is 1. The zero-order chi connectivity index (χ0) is 23.7. The third kappa shape index (κ3) is 4.40. The van der Waals surface area contributed by atoms with Crippen molar-refractivity contribution >= 4 is 22.9 Å². The fourth-order valence-electron chi connectivity index (χ4n) is 4.00. The second-order valence-corrected chi connectivity index (χ2v) is 8.11. The van der Waals surface area contributed by atoms with Crippen LogP contribution in [0.5, 0.6) is 0 Å². The van der Waals surface area contributed by atoms with Gasteiger partial charge in [0.25, 0.3) is 0 Å². The maximum absolute atomic E-state index is 13.4. The molecular formula is C25H22FN7O. The number of hydrogen-bond donors (Lipinski definition) is 1. The summed E-state index contributed by atoms with van der Waals surface area (Å²) in [7, 11) is 0. The minimum Gasteiger partial charge on any atom is -0.292 e. The lowest BCUT2D eigenvalue weighted by molar-refractivity contribution is -0.116. The van der Waals surface area contributed by atoms with Gasteiger partial charge in [0.1, 0.15) is 18.7 Å². The summed E-state index contributed by atoms with van der Waals surface area (Å²) in [6.45, 7) is 4.27. The maximum Gasteiger partial charge on any atom is 0.248 e. The molecule has 5 aromatic rings. The molecule has 0 unspecified atom stereocenters. The molecule has 34 heavy (non-hydrogen) atoms. The van der Waals surface area contributed by atoms with Crippen molar-refractivity contribution in [3.63, 3.8) is 0 Å². The second-order valence-electron chi connectivity index (χ2n) is 8.11. The van der Waals surface area contributed by atoms with Crippen molar-refractivity contribution < 1.29 is 9.18 Å². The van der Waals surface area contributed by atoms with Crippen LogP contribution >= 0.6 is 0 Å². The first kappa shape index (κ1) is 21.4. The Balaban J connectivity index is 1.34.